The predicted octanol–water partition coefficient (Wildman–Crippen LogP) is 2.74. The van der Waals surface area contributed by atoms with E-state index in [1.807, 2.05) is 6.07 Å². The Morgan fingerprint density at radius 1 is 1.22 bits per heavy atom. The third-order valence-electron chi connectivity index (χ3n) is 3.48. The van der Waals surface area contributed by atoms with E-state index in [2.05, 4.69) is 47.5 Å². The predicted molar refractivity (Wildman–Crippen MR) is 72.8 cm³/mol. The summed E-state index contributed by atoms with van der Waals surface area (Å²) in [6.07, 6.45) is 1.75. The monoisotopic (exact) mass is 242 g/mol. The summed E-state index contributed by atoms with van der Waals surface area (Å²) in [5.74, 6) is 1.03. The van der Waals surface area contributed by atoms with Gasteiger partial charge in [-0.15, -0.1) is 0 Å². The number of rotatable bonds is 2. The highest BCUT2D eigenvalue weighted by atomic mass is 16.3. The first-order chi connectivity index (χ1) is 8.84. The second-order valence-corrected chi connectivity index (χ2v) is 4.76. The lowest BCUT2D eigenvalue weighted by Crippen LogP contribution is -2.46. The molecule has 94 valence electrons. The largest absolute Gasteiger partial charge is 0.467 e. The van der Waals surface area contributed by atoms with Crippen molar-refractivity contribution in [1.82, 2.24) is 5.32 Å². The quantitative estimate of drug-likeness (QED) is 0.877. The molecule has 1 saturated heterocycles. The van der Waals surface area contributed by atoms with Crippen LogP contribution in [0.2, 0.25) is 0 Å². The van der Waals surface area contributed by atoms with E-state index in [1.54, 1.807) is 6.26 Å². The van der Waals surface area contributed by atoms with Crippen LogP contribution in [0.5, 0.6) is 0 Å². The maximum Gasteiger partial charge on any atom is 0.127 e. The molecule has 0 spiro atoms. The topological polar surface area (TPSA) is 28.4 Å². The molecule has 18 heavy (non-hydrogen) atoms. The lowest BCUT2D eigenvalue weighted by molar-refractivity contribution is 0.404. The molecule has 1 aromatic heterocycles. The highest BCUT2D eigenvalue weighted by Crippen LogP contribution is 2.28. The minimum absolute atomic E-state index is 0.288. The zero-order chi connectivity index (χ0) is 12.4. The standard InChI is InChI=1S/C15H18N2O/c1-12-4-6-13(7-5-12)17-9-8-16-11-14(17)15-3-2-10-18-15/h2-7,10,14,16H,8-9,11H2,1H3. The van der Waals surface area contributed by atoms with Gasteiger partial charge in [-0.2, -0.15) is 0 Å². The van der Waals surface area contributed by atoms with E-state index in [4.69, 9.17) is 4.42 Å². The molecule has 0 radical (unpaired) electrons. The van der Waals surface area contributed by atoms with Crippen LogP contribution in [0.15, 0.2) is 47.1 Å². The third kappa shape index (κ3) is 2.14. The fraction of sp³-hybridized carbons (Fsp3) is 0.333. The molecule has 0 aliphatic carbocycles. The molecule has 0 saturated carbocycles. The Labute approximate surface area is 107 Å². The van der Waals surface area contributed by atoms with Crippen molar-refractivity contribution in [2.75, 3.05) is 24.5 Å². The summed E-state index contributed by atoms with van der Waals surface area (Å²) < 4.78 is 5.57. The molecule has 1 aromatic carbocycles. The second-order valence-electron chi connectivity index (χ2n) is 4.76. The van der Waals surface area contributed by atoms with Crippen LogP contribution in [0.4, 0.5) is 5.69 Å². The van der Waals surface area contributed by atoms with E-state index in [0.717, 1.165) is 25.4 Å². The lowest BCUT2D eigenvalue weighted by Gasteiger charge is -2.36. The zero-order valence-corrected chi connectivity index (χ0v) is 10.6. The lowest BCUT2D eigenvalue weighted by atomic mass is 10.1. The first-order valence-electron chi connectivity index (χ1n) is 6.42. The summed E-state index contributed by atoms with van der Waals surface area (Å²) in [6.45, 7) is 5.08. The van der Waals surface area contributed by atoms with Gasteiger partial charge in [0.2, 0.25) is 0 Å². The van der Waals surface area contributed by atoms with Gasteiger partial charge in [0.1, 0.15) is 5.76 Å². The van der Waals surface area contributed by atoms with Crippen LogP contribution in [0.1, 0.15) is 17.4 Å². The molecule has 1 aliphatic heterocycles. The Bertz CT molecular complexity index is 490. The Morgan fingerprint density at radius 3 is 2.78 bits per heavy atom. The number of furan rings is 1. The van der Waals surface area contributed by atoms with Gasteiger partial charge in [-0.25, -0.2) is 0 Å². The van der Waals surface area contributed by atoms with Gasteiger partial charge in [-0.3, -0.25) is 0 Å². The number of piperazine rings is 1. The number of hydrogen-bond donors (Lipinski definition) is 1. The Kier molecular flexibility index (Phi) is 3.07. The SMILES string of the molecule is Cc1ccc(N2CCNCC2c2ccco2)cc1. The minimum Gasteiger partial charge on any atom is -0.467 e. The Morgan fingerprint density at radius 2 is 2.06 bits per heavy atom. The number of aryl methyl sites for hydroxylation is 1. The number of nitrogens with one attached hydrogen (secondary N) is 1. The average Bonchev–Trinajstić information content (AvgIpc) is 2.93. The third-order valence-corrected chi connectivity index (χ3v) is 3.48. The van der Waals surface area contributed by atoms with Crippen LogP contribution in [0.3, 0.4) is 0 Å². The van der Waals surface area contributed by atoms with Crippen molar-refractivity contribution in [2.24, 2.45) is 0 Å². The highest BCUT2D eigenvalue weighted by Gasteiger charge is 2.25. The van der Waals surface area contributed by atoms with E-state index in [1.165, 1.54) is 11.3 Å². The molecule has 1 fully saturated rings. The van der Waals surface area contributed by atoms with Gasteiger partial charge in [0, 0.05) is 25.3 Å². The first kappa shape index (κ1) is 11.4. The van der Waals surface area contributed by atoms with Crippen molar-refractivity contribution in [3.05, 3.63) is 54.0 Å². The van der Waals surface area contributed by atoms with Crippen molar-refractivity contribution in [3.8, 4) is 0 Å². The van der Waals surface area contributed by atoms with Gasteiger partial charge in [0.05, 0.1) is 12.3 Å². The molecular formula is C15H18N2O. The summed E-state index contributed by atoms with van der Waals surface area (Å²) in [6, 6.07) is 13.0. The maximum atomic E-state index is 5.57. The fourth-order valence-electron chi connectivity index (χ4n) is 2.48. The van der Waals surface area contributed by atoms with Gasteiger partial charge in [0.25, 0.3) is 0 Å². The highest BCUT2D eigenvalue weighted by molar-refractivity contribution is 5.50. The molecule has 1 aliphatic rings. The van der Waals surface area contributed by atoms with Crippen LogP contribution in [-0.4, -0.2) is 19.6 Å². The summed E-state index contributed by atoms with van der Waals surface area (Å²) in [5, 5.41) is 3.43. The summed E-state index contributed by atoms with van der Waals surface area (Å²) in [5.41, 5.74) is 2.56. The van der Waals surface area contributed by atoms with Crippen LogP contribution < -0.4 is 10.2 Å². The molecule has 3 heteroatoms. The fourth-order valence-corrected chi connectivity index (χ4v) is 2.48. The molecule has 2 aromatic rings. The molecule has 0 bridgehead atoms. The molecule has 1 N–H and O–H groups in total. The van der Waals surface area contributed by atoms with Crippen LogP contribution in [0.25, 0.3) is 0 Å². The van der Waals surface area contributed by atoms with Gasteiger partial charge >= 0.3 is 0 Å². The van der Waals surface area contributed by atoms with E-state index in [0.29, 0.717) is 0 Å². The van der Waals surface area contributed by atoms with Gasteiger partial charge < -0.3 is 14.6 Å². The molecule has 3 nitrogen and oxygen atoms in total. The van der Waals surface area contributed by atoms with Gasteiger partial charge in [0.15, 0.2) is 0 Å². The maximum absolute atomic E-state index is 5.57. The average molecular weight is 242 g/mol. The number of nitrogens with zero attached hydrogens (tertiary/aromatic N) is 1. The van der Waals surface area contributed by atoms with E-state index in [9.17, 15) is 0 Å². The summed E-state index contributed by atoms with van der Waals surface area (Å²) in [7, 11) is 0. The second kappa shape index (κ2) is 4.86. The van der Waals surface area contributed by atoms with Gasteiger partial charge in [-0.05, 0) is 31.2 Å². The van der Waals surface area contributed by atoms with Crippen LogP contribution >= 0.6 is 0 Å². The molecule has 1 atom stereocenters. The van der Waals surface area contributed by atoms with Crippen molar-refractivity contribution < 1.29 is 4.42 Å². The van der Waals surface area contributed by atoms with Crippen molar-refractivity contribution in [3.63, 3.8) is 0 Å². The van der Waals surface area contributed by atoms with Crippen molar-refractivity contribution >= 4 is 5.69 Å². The van der Waals surface area contributed by atoms with Gasteiger partial charge in [-0.1, -0.05) is 17.7 Å². The van der Waals surface area contributed by atoms with E-state index >= 15 is 0 Å². The van der Waals surface area contributed by atoms with E-state index in [-0.39, 0.29) is 6.04 Å². The minimum atomic E-state index is 0.288. The Balaban J connectivity index is 1.90. The number of anilines is 1. The summed E-state index contributed by atoms with van der Waals surface area (Å²) >= 11 is 0. The van der Waals surface area contributed by atoms with Crippen molar-refractivity contribution in [2.45, 2.75) is 13.0 Å². The molecule has 2 heterocycles. The van der Waals surface area contributed by atoms with E-state index < -0.39 is 0 Å². The van der Waals surface area contributed by atoms with Crippen LogP contribution in [0, 0.1) is 6.92 Å². The molecule has 0 amide bonds. The number of benzene rings is 1. The number of hydrogen-bond acceptors (Lipinski definition) is 3. The smallest absolute Gasteiger partial charge is 0.127 e. The van der Waals surface area contributed by atoms with Crippen LogP contribution in [-0.2, 0) is 0 Å². The molecular weight excluding hydrogens is 224 g/mol. The normalized spacial score (nSPS) is 20.1. The first-order valence-corrected chi connectivity index (χ1v) is 6.42. The molecule has 3 rings (SSSR count). The van der Waals surface area contributed by atoms with Crippen molar-refractivity contribution in [1.29, 1.82) is 0 Å². The summed E-state index contributed by atoms with van der Waals surface area (Å²) in [4.78, 5) is 2.41. The zero-order valence-electron chi connectivity index (χ0n) is 10.6. The Hall–Kier alpha value is -1.74. The molecule has 1 unspecified atom stereocenters.